The molecule has 0 spiro atoms. The van der Waals surface area contributed by atoms with E-state index in [1.165, 1.54) is 17.0 Å². The van der Waals surface area contributed by atoms with Crippen LogP contribution in [0.5, 0.6) is 0 Å². The molecule has 0 saturated heterocycles. The van der Waals surface area contributed by atoms with Crippen LogP contribution in [0.2, 0.25) is 0 Å². The predicted octanol–water partition coefficient (Wildman–Crippen LogP) is 3.73. The number of nitrogens with one attached hydrogen (secondary N) is 1. The quantitative estimate of drug-likeness (QED) is 0.502. The number of rotatable bonds is 6. The third-order valence-corrected chi connectivity index (χ3v) is 6.98. The van der Waals surface area contributed by atoms with Gasteiger partial charge in [-0.25, -0.2) is 9.37 Å². The summed E-state index contributed by atoms with van der Waals surface area (Å²) in [4.78, 5) is 24.2. The van der Waals surface area contributed by atoms with Crippen molar-refractivity contribution in [2.75, 3.05) is 6.54 Å². The fraction of sp³-hybridized carbons (Fsp3) is 0.292. The first-order valence-electron chi connectivity index (χ1n) is 10.5. The van der Waals surface area contributed by atoms with Crippen molar-refractivity contribution in [3.05, 3.63) is 92.9 Å². The summed E-state index contributed by atoms with van der Waals surface area (Å²) in [5, 5.41) is 4.39. The van der Waals surface area contributed by atoms with Crippen molar-refractivity contribution >= 4 is 21.6 Å². The third kappa shape index (κ3) is 4.29. The van der Waals surface area contributed by atoms with E-state index in [0.29, 0.717) is 12.6 Å². The second-order valence-corrected chi connectivity index (χ2v) is 9.04. The van der Waals surface area contributed by atoms with Crippen LogP contribution in [0, 0.1) is 5.82 Å². The molecule has 0 saturated carbocycles. The summed E-state index contributed by atoms with van der Waals surface area (Å²) in [6.45, 7) is 1.21. The van der Waals surface area contributed by atoms with Crippen LogP contribution in [-0.2, 0) is 25.8 Å². The van der Waals surface area contributed by atoms with Crippen molar-refractivity contribution in [3.8, 4) is 0 Å². The first-order valence-corrected chi connectivity index (χ1v) is 11.4. The highest BCUT2D eigenvalue weighted by atomic mass is 32.1. The summed E-state index contributed by atoms with van der Waals surface area (Å²) in [5.41, 5.74) is 2.96. The Morgan fingerprint density at radius 2 is 2.13 bits per heavy atom. The standard InChI is InChI=1S/C24H23FN4OS/c25-17-5-3-4-16(12-17)14-29-15-28-23-22(24(29)30)20-8-7-19(13-21(20)31-23)27-11-9-18-6-1-2-10-26-18/h1-6,10,12,15,19,27H,7-9,11,13-14H2. The normalized spacial score (nSPS) is 15.8. The predicted molar refractivity (Wildman–Crippen MR) is 121 cm³/mol. The maximum Gasteiger partial charge on any atom is 0.262 e. The summed E-state index contributed by atoms with van der Waals surface area (Å²) >= 11 is 1.63. The lowest BCUT2D eigenvalue weighted by molar-refractivity contribution is 0.465. The Balaban J connectivity index is 1.32. The number of fused-ring (bicyclic) bond motifs is 3. The Labute approximate surface area is 183 Å². The Kier molecular flexibility index (Phi) is 5.61. The largest absolute Gasteiger partial charge is 0.313 e. The van der Waals surface area contributed by atoms with Crippen molar-refractivity contribution < 1.29 is 4.39 Å². The van der Waals surface area contributed by atoms with Crippen LogP contribution in [0.4, 0.5) is 4.39 Å². The maximum absolute atomic E-state index is 13.5. The average molecular weight is 435 g/mol. The van der Waals surface area contributed by atoms with Crippen LogP contribution >= 0.6 is 11.3 Å². The van der Waals surface area contributed by atoms with Gasteiger partial charge in [0.2, 0.25) is 0 Å². The van der Waals surface area contributed by atoms with E-state index in [2.05, 4.69) is 15.3 Å². The Bertz CT molecular complexity index is 1270. The van der Waals surface area contributed by atoms with E-state index in [0.717, 1.165) is 59.3 Å². The zero-order valence-corrected chi connectivity index (χ0v) is 17.9. The zero-order chi connectivity index (χ0) is 21.2. The van der Waals surface area contributed by atoms with Crippen LogP contribution in [0.1, 0.15) is 28.1 Å². The molecule has 4 aromatic rings. The summed E-state index contributed by atoms with van der Waals surface area (Å²) in [5.74, 6) is -0.297. The molecular weight excluding hydrogens is 411 g/mol. The molecule has 158 valence electrons. The van der Waals surface area contributed by atoms with E-state index in [-0.39, 0.29) is 11.4 Å². The van der Waals surface area contributed by atoms with Gasteiger partial charge in [0, 0.05) is 35.8 Å². The number of nitrogens with zero attached hydrogens (tertiary/aromatic N) is 3. The van der Waals surface area contributed by atoms with E-state index in [9.17, 15) is 9.18 Å². The SMILES string of the molecule is O=c1c2c3c(sc2ncn1Cc1cccc(F)c1)CC(NCCc1ccccn1)CC3. The lowest BCUT2D eigenvalue weighted by atomic mass is 9.93. The highest BCUT2D eigenvalue weighted by Gasteiger charge is 2.25. The van der Waals surface area contributed by atoms with E-state index >= 15 is 0 Å². The molecule has 1 N–H and O–H groups in total. The van der Waals surface area contributed by atoms with Gasteiger partial charge in [-0.3, -0.25) is 14.3 Å². The first kappa shape index (κ1) is 20.0. The number of halogens is 1. The van der Waals surface area contributed by atoms with Crippen LogP contribution < -0.4 is 10.9 Å². The van der Waals surface area contributed by atoms with Crippen molar-refractivity contribution in [2.45, 2.75) is 38.3 Å². The fourth-order valence-electron chi connectivity index (χ4n) is 4.27. The highest BCUT2D eigenvalue weighted by molar-refractivity contribution is 7.18. The van der Waals surface area contributed by atoms with Gasteiger partial charge in [0.25, 0.3) is 5.56 Å². The smallest absolute Gasteiger partial charge is 0.262 e. The molecule has 0 radical (unpaired) electrons. The molecule has 3 heterocycles. The topological polar surface area (TPSA) is 59.8 Å². The zero-order valence-electron chi connectivity index (χ0n) is 17.1. The summed E-state index contributed by atoms with van der Waals surface area (Å²) in [7, 11) is 0. The molecule has 0 aliphatic heterocycles. The molecule has 1 atom stereocenters. The molecule has 0 fully saturated rings. The second kappa shape index (κ2) is 8.69. The van der Waals surface area contributed by atoms with Crippen LogP contribution in [-0.4, -0.2) is 27.1 Å². The molecule has 5 rings (SSSR count). The van der Waals surface area contributed by atoms with E-state index in [4.69, 9.17) is 0 Å². The van der Waals surface area contributed by atoms with Gasteiger partial charge in [-0.1, -0.05) is 18.2 Å². The Morgan fingerprint density at radius 1 is 1.19 bits per heavy atom. The molecule has 1 unspecified atom stereocenters. The minimum absolute atomic E-state index is 0.0340. The van der Waals surface area contributed by atoms with Gasteiger partial charge in [-0.05, 0) is 54.7 Å². The van der Waals surface area contributed by atoms with Crippen LogP contribution in [0.15, 0.2) is 59.8 Å². The van der Waals surface area contributed by atoms with Gasteiger partial charge in [-0.15, -0.1) is 11.3 Å². The van der Waals surface area contributed by atoms with Crippen molar-refractivity contribution in [1.29, 1.82) is 0 Å². The molecule has 1 aliphatic carbocycles. The van der Waals surface area contributed by atoms with Crippen molar-refractivity contribution in [3.63, 3.8) is 0 Å². The first-order chi connectivity index (χ1) is 15.2. The van der Waals surface area contributed by atoms with Gasteiger partial charge in [0.05, 0.1) is 18.3 Å². The number of thiophene rings is 1. The summed E-state index contributed by atoms with van der Waals surface area (Å²) in [6.07, 6.45) is 7.11. The van der Waals surface area contributed by atoms with Gasteiger partial charge in [0.1, 0.15) is 10.6 Å². The van der Waals surface area contributed by atoms with Crippen LogP contribution in [0.3, 0.4) is 0 Å². The summed E-state index contributed by atoms with van der Waals surface area (Å²) in [6, 6.07) is 12.7. The molecule has 1 aromatic carbocycles. The Hall–Kier alpha value is -2.90. The molecular formula is C24H23FN4OS. The molecule has 1 aliphatic rings. The number of hydrogen-bond acceptors (Lipinski definition) is 5. The molecule has 0 amide bonds. The molecule has 5 nitrogen and oxygen atoms in total. The average Bonchev–Trinajstić information content (AvgIpc) is 3.15. The van der Waals surface area contributed by atoms with Gasteiger partial charge in [0.15, 0.2) is 0 Å². The van der Waals surface area contributed by atoms with Gasteiger partial charge >= 0.3 is 0 Å². The lowest BCUT2D eigenvalue weighted by Gasteiger charge is -2.23. The van der Waals surface area contributed by atoms with Gasteiger partial charge in [-0.2, -0.15) is 0 Å². The number of benzene rings is 1. The fourth-order valence-corrected chi connectivity index (χ4v) is 5.53. The van der Waals surface area contributed by atoms with E-state index < -0.39 is 0 Å². The van der Waals surface area contributed by atoms with Crippen molar-refractivity contribution in [1.82, 2.24) is 19.9 Å². The number of aryl methyl sites for hydroxylation is 1. The van der Waals surface area contributed by atoms with Crippen molar-refractivity contribution in [2.24, 2.45) is 0 Å². The minimum atomic E-state index is -0.297. The lowest BCUT2D eigenvalue weighted by Crippen LogP contribution is -2.35. The monoisotopic (exact) mass is 434 g/mol. The Morgan fingerprint density at radius 3 is 2.97 bits per heavy atom. The molecule has 0 bridgehead atoms. The maximum atomic E-state index is 13.5. The van der Waals surface area contributed by atoms with Crippen LogP contribution in [0.25, 0.3) is 10.2 Å². The van der Waals surface area contributed by atoms with E-state index in [1.807, 2.05) is 30.5 Å². The number of hydrogen-bond donors (Lipinski definition) is 1. The second-order valence-electron chi connectivity index (χ2n) is 7.96. The summed E-state index contributed by atoms with van der Waals surface area (Å²) < 4.78 is 15.1. The number of aromatic nitrogens is 3. The third-order valence-electron chi connectivity index (χ3n) is 5.82. The highest BCUT2D eigenvalue weighted by Crippen LogP contribution is 2.33. The molecule has 31 heavy (non-hydrogen) atoms. The molecule has 3 aromatic heterocycles. The van der Waals surface area contributed by atoms with E-state index in [1.54, 1.807) is 28.3 Å². The molecule has 7 heteroatoms. The van der Waals surface area contributed by atoms with Gasteiger partial charge < -0.3 is 5.32 Å². The number of pyridine rings is 1. The minimum Gasteiger partial charge on any atom is -0.313 e.